The number of carbonyl (C=O) groups is 1. The lowest BCUT2D eigenvalue weighted by Gasteiger charge is -2.34. The van der Waals surface area contributed by atoms with Crippen LogP contribution in [0, 0.1) is 0 Å². The van der Waals surface area contributed by atoms with Crippen molar-refractivity contribution in [3.8, 4) is 11.5 Å². The molecule has 1 fully saturated rings. The molecule has 3 rings (SSSR count). The Balaban J connectivity index is 1.79. The Kier molecular flexibility index (Phi) is 4.40. The van der Waals surface area contributed by atoms with Gasteiger partial charge in [-0.2, -0.15) is 0 Å². The molecule has 0 saturated carbocycles. The fraction of sp³-hybridized carbons (Fsp3) is 0.438. The van der Waals surface area contributed by atoms with Gasteiger partial charge in [0.2, 0.25) is 17.7 Å². The molecule has 23 heavy (non-hydrogen) atoms. The highest BCUT2D eigenvalue weighted by Gasteiger charge is 2.46. The van der Waals surface area contributed by atoms with Gasteiger partial charge >= 0.3 is 0 Å². The molecule has 0 radical (unpaired) electrons. The molecule has 1 aromatic carbocycles. The smallest absolute Gasteiger partial charge is 0.247 e. The van der Waals surface area contributed by atoms with Crippen LogP contribution in [0.2, 0.25) is 0 Å². The van der Waals surface area contributed by atoms with Crippen LogP contribution in [0.25, 0.3) is 11.5 Å². The summed E-state index contributed by atoms with van der Waals surface area (Å²) in [7, 11) is 1.57. The second kappa shape index (κ2) is 6.47. The Morgan fingerprint density at radius 1 is 1.39 bits per heavy atom. The van der Waals surface area contributed by atoms with Crippen LogP contribution in [0.15, 0.2) is 34.7 Å². The quantitative estimate of drug-likeness (QED) is 0.860. The molecule has 7 nitrogen and oxygen atoms in total. The number of ether oxygens (including phenoxy) is 1. The number of methoxy groups -OCH3 is 1. The SMILES string of the molecule is COCC1(C(N)=O)CCCN1Cc1nnc(-c2ccccc2)o1. The van der Waals surface area contributed by atoms with Crippen molar-refractivity contribution in [2.24, 2.45) is 5.73 Å². The van der Waals surface area contributed by atoms with Crippen LogP contribution in [0.4, 0.5) is 0 Å². The Labute approximate surface area is 134 Å². The summed E-state index contributed by atoms with van der Waals surface area (Å²) in [5.74, 6) is 0.559. The van der Waals surface area contributed by atoms with Crippen LogP contribution in [0.5, 0.6) is 0 Å². The third kappa shape index (κ3) is 2.97. The number of nitrogens with two attached hydrogens (primary N) is 1. The maximum absolute atomic E-state index is 12.0. The molecule has 1 atom stereocenters. The molecule has 1 aliphatic heterocycles. The largest absolute Gasteiger partial charge is 0.419 e. The Morgan fingerprint density at radius 2 is 2.17 bits per heavy atom. The zero-order chi connectivity index (χ0) is 16.3. The van der Waals surface area contributed by atoms with E-state index in [1.807, 2.05) is 35.2 Å². The summed E-state index contributed by atoms with van der Waals surface area (Å²) < 4.78 is 10.9. The van der Waals surface area contributed by atoms with Crippen molar-refractivity contribution in [1.82, 2.24) is 15.1 Å². The molecule has 1 aromatic heterocycles. The molecule has 122 valence electrons. The van der Waals surface area contributed by atoms with Gasteiger partial charge in [0.15, 0.2) is 0 Å². The molecule has 0 aliphatic carbocycles. The number of likely N-dealkylation sites (tertiary alicyclic amines) is 1. The lowest BCUT2D eigenvalue weighted by Crippen LogP contribution is -2.56. The number of aromatic nitrogens is 2. The van der Waals surface area contributed by atoms with Crippen molar-refractivity contribution in [2.75, 3.05) is 20.3 Å². The molecule has 1 amide bonds. The predicted molar refractivity (Wildman–Crippen MR) is 83.2 cm³/mol. The van der Waals surface area contributed by atoms with Gasteiger partial charge in [-0.3, -0.25) is 9.69 Å². The predicted octanol–water partition coefficient (Wildman–Crippen LogP) is 1.20. The summed E-state index contributed by atoms with van der Waals surface area (Å²) in [4.78, 5) is 13.9. The summed E-state index contributed by atoms with van der Waals surface area (Å²) in [6.45, 7) is 1.39. The topological polar surface area (TPSA) is 94.5 Å². The number of nitrogens with zero attached hydrogens (tertiary/aromatic N) is 3. The van der Waals surface area contributed by atoms with E-state index in [1.54, 1.807) is 7.11 Å². The number of benzene rings is 1. The van der Waals surface area contributed by atoms with Crippen LogP contribution in [0.1, 0.15) is 18.7 Å². The number of rotatable bonds is 6. The van der Waals surface area contributed by atoms with E-state index in [9.17, 15) is 4.79 Å². The second-order valence-corrected chi connectivity index (χ2v) is 5.72. The third-order valence-electron chi connectivity index (χ3n) is 4.28. The first kappa shape index (κ1) is 15.6. The Morgan fingerprint density at radius 3 is 2.87 bits per heavy atom. The lowest BCUT2D eigenvalue weighted by molar-refractivity contribution is -0.132. The van der Waals surface area contributed by atoms with Gasteiger partial charge in [0.05, 0.1) is 13.2 Å². The molecule has 7 heteroatoms. The van der Waals surface area contributed by atoms with Crippen molar-refractivity contribution in [3.05, 3.63) is 36.2 Å². The van der Waals surface area contributed by atoms with Gasteiger partial charge in [-0.25, -0.2) is 0 Å². The van der Waals surface area contributed by atoms with E-state index in [4.69, 9.17) is 14.9 Å². The van der Waals surface area contributed by atoms with Crippen LogP contribution in [-0.2, 0) is 16.1 Å². The normalized spacial score (nSPS) is 21.6. The van der Waals surface area contributed by atoms with E-state index in [0.717, 1.165) is 18.5 Å². The first-order valence-corrected chi connectivity index (χ1v) is 7.57. The minimum Gasteiger partial charge on any atom is -0.419 e. The van der Waals surface area contributed by atoms with E-state index in [1.165, 1.54) is 0 Å². The molecule has 1 aliphatic rings. The molecular weight excluding hydrogens is 296 g/mol. The molecule has 0 spiro atoms. The fourth-order valence-corrected chi connectivity index (χ4v) is 3.10. The molecule has 0 bridgehead atoms. The summed E-state index contributed by atoms with van der Waals surface area (Å²) in [5, 5.41) is 8.17. The minimum atomic E-state index is -0.796. The van der Waals surface area contributed by atoms with Gasteiger partial charge in [0.1, 0.15) is 5.54 Å². The van der Waals surface area contributed by atoms with Crippen molar-refractivity contribution in [2.45, 2.75) is 24.9 Å². The van der Waals surface area contributed by atoms with Gasteiger partial charge in [-0.15, -0.1) is 10.2 Å². The second-order valence-electron chi connectivity index (χ2n) is 5.72. The van der Waals surface area contributed by atoms with E-state index >= 15 is 0 Å². The standard InChI is InChI=1S/C16H20N4O3/c1-22-11-16(15(17)21)8-5-9-20(16)10-13-18-19-14(23-13)12-6-3-2-4-7-12/h2-4,6-7H,5,8-11H2,1H3,(H2,17,21). The van der Waals surface area contributed by atoms with Crippen LogP contribution >= 0.6 is 0 Å². The summed E-state index contributed by atoms with van der Waals surface area (Å²) >= 11 is 0. The highest BCUT2D eigenvalue weighted by molar-refractivity contribution is 5.85. The molecule has 1 unspecified atom stereocenters. The van der Waals surface area contributed by atoms with Crippen LogP contribution in [0.3, 0.4) is 0 Å². The van der Waals surface area contributed by atoms with E-state index in [-0.39, 0.29) is 12.5 Å². The average Bonchev–Trinajstić information content (AvgIpc) is 3.17. The average molecular weight is 316 g/mol. The van der Waals surface area contributed by atoms with Crippen LogP contribution in [-0.4, -0.2) is 46.8 Å². The maximum Gasteiger partial charge on any atom is 0.247 e. The number of hydrogen-bond donors (Lipinski definition) is 1. The van der Waals surface area contributed by atoms with Crippen molar-refractivity contribution in [1.29, 1.82) is 0 Å². The molecule has 2 aromatic rings. The first-order chi connectivity index (χ1) is 11.2. The lowest BCUT2D eigenvalue weighted by atomic mass is 9.96. The van der Waals surface area contributed by atoms with Gasteiger partial charge < -0.3 is 14.9 Å². The van der Waals surface area contributed by atoms with E-state index < -0.39 is 5.54 Å². The number of amides is 1. The number of primary amides is 1. The Bertz CT molecular complexity index is 673. The molecule has 2 heterocycles. The monoisotopic (exact) mass is 316 g/mol. The van der Waals surface area contributed by atoms with E-state index in [2.05, 4.69) is 10.2 Å². The van der Waals surface area contributed by atoms with E-state index in [0.29, 0.717) is 24.7 Å². The number of carbonyl (C=O) groups excluding carboxylic acids is 1. The number of hydrogen-bond acceptors (Lipinski definition) is 6. The molecular formula is C16H20N4O3. The third-order valence-corrected chi connectivity index (χ3v) is 4.28. The van der Waals surface area contributed by atoms with Gasteiger partial charge in [-0.1, -0.05) is 18.2 Å². The van der Waals surface area contributed by atoms with Crippen molar-refractivity contribution in [3.63, 3.8) is 0 Å². The summed E-state index contributed by atoms with van der Waals surface area (Å²) in [6.07, 6.45) is 1.56. The highest BCUT2D eigenvalue weighted by Crippen LogP contribution is 2.31. The first-order valence-electron chi connectivity index (χ1n) is 7.57. The van der Waals surface area contributed by atoms with Gasteiger partial charge in [0, 0.05) is 12.7 Å². The molecule has 2 N–H and O–H groups in total. The summed E-state index contributed by atoms with van der Waals surface area (Å²) in [6, 6.07) is 9.57. The van der Waals surface area contributed by atoms with Crippen molar-refractivity contribution < 1.29 is 13.9 Å². The molecule has 1 saturated heterocycles. The van der Waals surface area contributed by atoms with Crippen LogP contribution < -0.4 is 5.73 Å². The zero-order valence-electron chi connectivity index (χ0n) is 13.1. The maximum atomic E-state index is 12.0. The fourth-order valence-electron chi connectivity index (χ4n) is 3.10. The minimum absolute atomic E-state index is 0.266. The van der Waals surface area contributed by atoms with Crippen molar-refractivity contribution >= 4 is 5.91 Å². The van der Waals surface area contributed by atoms with Gasteiger partial charge in [0.25, 0.3) is 0 Å². The Hall–Kier alpha value is -2.25. The summed E-state index contributed by atoms with van der Waals surface area (Å²) in [5.41, 5.74) is 5.70. The van der Waals surface area contributed by atoms with Gasteiger partial charge in [-0.05, 0) is 31.5 Å². The zero-order valence-corrected chi connectivity index (χ0v) is 13.1. The highest BCUT2D eigenvalue weighted by atomic mass is 16.5.